The van der Waals surface area contributed by atoms with Gasteiger partial charge in [0.05, 0.1) is 6.20 Å². The molecule has 0 saturated carbocycles. The quantitative estimate of drug-likeness (QED) is 0.823. The van der Waals surface area contributed by atoms with Crippen molar-refractivity contribution in [2.24, 2.45) is 0 Å². The van der Waals surface area contributed by atoms with Crippen molar-refractivity contribution in [3.63, 3.8) is 0 Å². The Labute approximate surface area is 91.5 Å². The number of hydrogen-bond acceptors (Lipinski definition) is 3. The lowest BCUT2D eigenvalue weighted by Crippen LogP contribution is -2.35. The third-order valence-corrected chi connectivity index (χ3v) is 1.94. The largest absolute Gasteiger partial charge is 0.480 e. The fraction of sp³-hybridized carbons (Fsp3) is 0.300. The molecule has 0 radical (unpaired) electrons. The Morgan fingerprint density at radius 3 is 2.62 bits per heavy atom. The molecule has 0 bridgehead atoms. The van der Waals surface area contributed by atoms with Gasteiger partial charge in [0.1, 0.15) is 18.1 Å². The van der Waals surface area contributed by atoms with Crippen molar-refractivity contribution in [3.8, 4) is 0 Å². The van der Waals surface area contributed by atoms with Gasteiger partial charge in [0.2, 0.25) is 0 Å². The molecule has 1 amide bonds. The molecule has 0 unspecified atom stereocenters. The minimum Gasteiger partial charge on any atom is -0.480 e. The average Bonchev–Trinajstić information content (AvgIpc) is 2.25. The van der Waals surface area contributed by atoms with Crippen molar-refractivity contribution in [2.75, 3.05) is 13.1 Å². The lowest BCUT2D eigenvalue weighted by molar-refractivity contribution is -0.137. The number of rotatable bonds is 4. The van der Waals surface area contributed by atoms with Crippen LogP contribution in [0.5, 0.6) is 0 Å². The van der Waals surface area contributed by atoms with Crippen molar-refractivity contribution in [2.45, 2.75) is 6.92 Å². The van der Waals surface area contributed by atoms with E-state index in [9.17, 15) is 14.0 Å². The Hall–Kier alpha value is -1.98. The average molecular weight is 226 g/mol. The third-order valence-electron chi connectivity index (χ3n) is 1.94. The van der Waals surface area contributed by atoms with Gasteiger partial charge in [-0.3, -0.25) is 9.59 Å². The number of aliphatic carboxylic acids is 1. The van der Waals surface area contributed by atoms with Crippen molar-refractivity contribution in [1.82, 2.24) is 9.88 Å². The zero-order chi connectivity index (χ0) is 12.1. The molecule has 0 spiro atoms. The molecule has 1 heterocycles. The number of hydrogen-bond donors (Lipinski definition) is 1. The molecule has 6 heteroatoms. The SMILES string of the molecule is CCN(CC(=O)O)C(=O)c1ccc(F)cn1. The molecule has 1 N–H and O–H groups in total. The van der Waals surface area contributed by atoms with Crippen LogP contribution < -0.4 is 0 Å². The number of carboxylic acids is 1. The molecule has 0 fully saturated rings. The number of aromatic nitrogens is 1. The van der Waals surface area contributed by atoms with Crippen LogP contribution in [0.4, 0.5) is 4.39 Å². The summed E-state index contributed by atoms with van der Waals surface area (Å²) < 4.78 is 12.6. The maximum atomic E-state index is 12.6. The number of halogens is 1. The molecule has 86 valence electrons. The van der Waals surface area contributed by atoms with Gasteiger partial charge in [0.25, 0.3) is 5.91 Å². The molecule has 0 aliphatic rings. The summed E-state index contributed by atoms with van der Waals surface area (Å²) in [6, 6.07) is 2.33. The van der Waals surface area contributed by atoms with E-state index in [0.717, 1.165) is 17.2 Å². The Bertz CT molecular complexity index is 392. The molecule has 0 aromatic carbocycles. The second-order valence-electron chi connectivity index (χ2n) is 3.07. The van der Waals surface area contributed by atoms with Crippen LogP contribution in [0, 0.1) is 5.82 Å². The monoisotopic (exact) mass is 226 g/mol. The number of carboxylic acid groups (broad SMARTS) is 1. The van der Waals surface area contributed by atoms with Crippen LogP contribution >= 0.6 is 0 Å². The third kappa shape index (κ3) is 3.01. The molecule has 0 aliphatic carbocycles. The minimum absolute atomic E-state index is 0.0319. The summed E-state index contributed by atoms with van der Waals surface area (Å²) in [4.78, 5) is 26.9. The molecule has 5 nitrogen and oxygen atoms in total. The van der Waals surface area contributed by atoms with Gasteiger partial charge in [0, 0.05) is 6.54 Å². The van der Waals surface area contributed by atoms with Crippen LogP contribution in [0.3, 0.4) is 0 Å². The number of carbonyl (C=O) groups excluding carboxylic acids is 1. The van der Waals surface area contributed by atoms with Gasteiger partial charge in [-0.2, -0.15) is 0 Å². The van der Waals surface area contributed by atoms with Crippen molar-refractivity contribution < 1.29 is 19.1 Å². The van der Waals surface area contributed by atoms with E-state index in [0.29, 0.717) is 0 Å². The smallest absolute Gasteiger partial charge is 0.323 e. The lowest BCUT2D eigenvalue weighted by Gasteiger charge is -2.17. The molecule has 1 aromatic rings. The predicted octanol–water partition coefficient (Wildman–Crippen LogP) is 0.767. The summed E-state index contributed by atoms with van der Waals surface area (Å²) in [7, 11) is 0. The van der Waals surface area contributed by atoms with E-state index in [2.05, 4.69) is 4.98 Å². The predicted molar refractivity (Wildman–Crippen MR) is 53.4 cm³/mol. The van der Waals surface area contributed by atoms with Crippen LogP contribution in [0.15, 0.2) is 18.3 Å². The lowest BCUT2D eigenvalue weighted by atomic mass is 10.3. The molecule has 0 aliphatic heterocycles. The second kappa shape index (κ2) is 5.20. The van der Waals surface area contributed by atoms with Crippen molar-refractivity contribution in [3.05, 3.63) is 29.8 Å². The molecule has 1 rings (SSSR count). The summed E-state index contributed by atoms with van der Waals surface area (Å²) in [5.41, 5.74) is 0.0319. The summed E-state index contributed by atoms with van der Waals surface area (Å²) in [5.74, 6) is -2.17. The summed E-state index contributed by atoms with van der Waals surface area (Å²) in [6.45, 7) is 1.52. The van der Waals surface area contributed by atoms with Crippen LogP contribution in [-0.2, 0) is 4.79 Å². The van der Waals surface area contributed by atoms with Crippen LogP contribution in [0.1, 0.15) is 17.4 Å². The first kappa shape index (κ1) is 12.1. The van der Waals surface area contributed by atoms with Gasteiger partial charge in [-0.25, -0.2) is 9.37 Å². The zero-order valence-corrected chi connectivity index (χ0v) is 8.68. The molecule has 1 aromatic heterocycles. The first-order valence-corrected chi connectivity index (χ1v) is 4.67. The Morgan fingerprint density at radius 2 is 2.19 bits per heavy atom. The normalized spacial score (nSPS) is 9.88. The molecular weight excluding hydrogens is 215 g/mol. The maximum Gasteiger partial charge on any atom is 0.323 e. The number of carbonyl (C=O) groups is 2. The Kier molecular flexibility index (Phi) is 3.93. The van der Waals surface area contributed by atoms with Crippen molar-refractivity contribution in [1.29, 1.82) is 0 Å². The highest BCUT2D eigenvalue weighted by molar-refractivity contribution is 5.94. The Balaban J connectivity index is 2.82. The van der Waals surface area contributed by atoms with Crippen LogP contribution in [0.2, 0.25) is 0 Å². The topological polar surface area (TPSA) is 70.5 Å². The summed E-state index contributed by atoms with van der Waals surface area (Å²) in [5, 5.41) is 8.58. The van der Waals surface area contributed by atoms with E-state index in [-0.39, 0.29) is 12.2 Å². The zero-order valence-electron chi connectivity index (χ0n) is 8.68. The molecule has 0 atom stereocenters. The Morgan fingerprint density at radius 1 is 1.50 bits per heavy atom. The molecule has 0 saturated heterocycles. The second-order valence-corrected chi connectivity index (χ2v) is 3.07. The van der Waals surface area contributed by atoms with E-state index in [1.807, 2.05) is 0 Å². The number of pyridine rings is 1. The number of likely N-dealkylation sites (N-methyl/N-ethyl adjacent to an activating group) is 1. The standard InChI is InChI=1S/C10H11FN2O3/c1-2-13(6-9(14)15)10(16)8-4-3-7(11)5-12-8/h3-5H,2,6H2,1H3,(H,14,15). The highest BCUT2D eigenvalue weighted by atomic mass is 19.1. The van der Waals surface area contributed by atoms with Gasteiger partial charge in [0.15, 0.2) is 0 Å². The minimum atomic E-state index is -1.10. The number of amides is 1. The fourth-order valence-corrected chi connectivity index (χ4v) is 1.15. The van der Waals surface area contributed by atoms with Gasteiger partial charge in [-0.05, 0) is 19.1 Å². The van der Waals surface area contributed by atoms with E-state index in [4.69, 9.17) is 5.11 Å². The highest BCUT2D eigenvalue weighted by Gasteiger charge is 2.17. The van der Waals surface area contributed by atoms with Gasteiger partial charge in [-0.15, -0.1) is 0 Å². The first-order chi connectivity index (χ1) is 7.54. The number of nitrogens with zero attached hydrogens (tertiary/aromatic N) is 2. The first-order valence-electron chi connectivity index (χ1n) is 4.67. The van der Waals surface area contributed by atoms with E-state index < -0.39 is 24.2 Å². The van der Waals surface area contributed by atoms with E-state index in [1.165, 1.54) is 6.07 Å². The fourth-order valence-electron chi connectivity index (χ4n) is 1.15. The van der Waals surface area contributed by atoms with Crippen LogP contribution in [0.25, 0.3) is 0 Å². The van der Waals surface area contributed by atoms with Gasteiger partial charge >= 0.3 is 5.97 Å². The summed E-state index contributed by atoms with van der Waals surface area (Å²) in [6.07, 6.45) is 0.918. The van der Waals surface area contributed by atoms with Crippen molar-refractivity contribution >= 4 is 11.9 Å². The van der Waals surface area contributed by atoms with E-state index in [1.54, 1.807) is 6.92 Å². The molecular formula is C10H11FN2O3. The van der Waals surface area contributed by atoms with E-state index >= 15 is 0 Å². The molecule has 16 heavy (non-hydrogen) atoms. The van der Waals surface area contributed by atoms with Gasteiger partial charge < -0.3 is 10.0 Å². The maximum absolute atomic E-state index is 12.6. The highest BCUT2D eigenvalue weighted by Crippen LogP contribution is 2.03. The van der Waals surface area contributed by atoms with Crippen LogP contribution in [-0.4, -0.2) is 40.0 Å². The summed E-state index contributed by atoms with van der Waals surface area (Å²) >= 11 is 0. The van der Waals surface area contributed by atoms with Gasteiger partial charge in [-0.1, -0.05) is 0 Å².